The third-order valence-corrected chi connectivity index (χ3v) is 7.26. The maximum Gasteiger partial charge on any atom is 0.243 e. The van der Waals surface area contributed by atoms with Crippen molar-refractivity contribution in [3.63, 3.8) is 0 Å². The number of nitrogens with zero attached hydrogens (tertiary/aromatic N) is 6. The van der Waals surface area contributed by atoms with Crippen LogP contribution < -0.4 is 4.90 Å². The summed E-state index contributed by atoms with van der Waals surface area (Å²) in [6, 6.07) is 12.3. The second-order valence-electron chi connectivity index (χ2n) is 7.19. The van der Waals surface area contributed by atoms with E-state index in [-0.39, 0.29) is 6.04 Å². The summed E-state index contributed by atoms with van der Waals surface area (Å²) < 4.78 is 28.8. The molecule has 1 aliphatic heterocycles. The monoisotopic (exact) mass is 384 g/mol. The molecule has 0 atom stereocenters. The minimum Gasteiger partial charge on any atom is -0.352 e. The Hall–Kier alpha value is -2.52. The number of fused-ring (bicyclic) bond motifs is 1. The molecule has 1 aliphatic carbocycles. The van der Waals surface area contributed by atoms with Crippen molar-refractivity contribution < 1.29 is 8.42 Å². The van der Waals surface area contributed by atoms with Crippen molar-refractivity contribution in [1.82, 2.24) is 24.1 Å². The number of aromatic nitrogens is 4. The molecule has 5 rings (SSSR count). The second kappa shape index (κ2) is 6.00. The van der Waals surface area contributed by atoms with Crippen molar-refractivity contribution in [2.75, 3.05) is 25.0 Å². The number of benzene rings is 1. The lowest BCUT2D eigenvalue weighted by Crippen LogP contribution is -2.60. The van der Waals surface area contributed by atoms with Gasteiger partial charge >= 0.3 is 0 Å². The third-order valence-electron chi connectivity index (χ3n) is 5.34. The fraction of sp³-hybridized carbons (Fsp3) is 0.389. The van der Waals surface area contributed by atoms with E-state index in [9.17, 15) is 8.42 Å². The average molecular weight is 384 g/mol. The molecule has 0 unspecified atom stereocenters. The normalized spacial score (nSPS) is 18.2. The molecule has 1 aromatic carbocycles. The van der Waals surface area contributed by atoms with Crippen molar-refractivity contribution in [2.45, 2.75) is 29.7 Å². The standard InChI is InChI=1S/C18H20N6O2S/c1-22(27(25,26)15-5-3-2-4-6-15)14-11-23(12-14)17-10-9-16-19-20-18(13-7-8-13)24(16)21-17/h2-6,9-10,13-14H,7-8,11-12H2,1H3. The summed E-state index contributed by atoms with van der Waals surface area (Å²) in [4.78, 5) is 2.40. The smallest absolute Gasteiger partial charge is 0.243 e. The van der Waals surface area contributed by atoms with Gasteiger partial charge in [-0.05, 0) is 37.1 Å². The van der Waals surface area contributed by atoms with Crippen molar-refractivity contribution in [3.8, 4) is 0 Å². The van der Waals surface area contributed by atoms with Crippen LogP contribution in [0.3, 0.4) is 0 Å². The Bertz CT molecular complexity index is 1090. The lowest BCUT2D eigenvalue weighted by Gasteiger charge is -2.43. The highest BCUT2D eigenvalue weighted by Crippen LogP contribution is 2.39. The SMILES string of the molecule is CN(C1CN(c2ccc3nnc(C4CC4)n3n2)C1)S(=O)(=O)c1ccccc1. The number of hydrogen-bond donors (Lipinski definition) is 0. The van der Waals surface area contributed by atoms with Gasteiger partial charge in [0.25, 0.3) is 0 Å². The minimum absolute atomic E-state index is 0.0727. The van der Waals surface area contributed by atoms with E-state index in [0.717, 1.165) is 30.1 Å². The molecule has 0 N–H and O–H groups in total. The van der Waals surface area contributed by atoms with E-state index in [1.807, 2.05) is 22.7 Å². The number of sulfonamides is 1. The molecule has 0 bridgehead atoms. The molecular formula is C18H20N6O2S. The Morgan fingerprint density at radius 3 is 2.48 bits per heavy atom. The van der Waals surface area contributed by atoms with E-state index in [2.05, 4.69) is 20.2 Å². The Morgan fingerprint density at radius 2 is 1.78 bits per heavy atom. The van der Waals surface area contributed by atoms with Gasteiger partial charge in [-0.25, -0.2) is 8.42 Å². The first kappa shape index (κ1) is 16.6. The van der Waals surface area contributed by atoms with Crippen molar-refractivity contribution in [1.29, 1.82) is 0 Å². The van der Waals surface area contributed by atoms with E-state index in [1.54, 1.807) is 31.3 Å². The molecule has 27 heavy (non-hydrogen) atoms. The highest BCUT2D eigenvalue weighted by atomic mass is 32.2. The molecule has 9 heteroatoms. The van der Waals surface area contributed by atoms with Crippen LogP contribution in [0, 0.1) is 0 Å². The van der Waals surface area contributed by atoms with Gasteiger partial charge in [0.2, 0.25) is 10.0 Å². The predicted molar refractivity (Wildman–Crippen MR) is 100 cm³/mol. The molecule has 0 spiro atoms. The molecule has 3 aromatic rings. The average Bonchev–Trinajstić information content (AvgIpc) is 3.40. The van der Waals surface area contributed by atoms with Gasteiger partial charge in [0, 0.05) is 26.1 Å². The topological polar surface area (TPSA) is 83.7 Å². The largest absolute Gasteiger partial charge is 0.352 e. The maximum atomic E-state index is 12.7. The van der Waals surface area contributed by atoms with Crippen LogP contribution >= 0.6 is 0 Å². The zero-order chi connectivity index (χ0) is 18.6. The van der Waals surface area contributed by atoms with Gasteiger partial charge in [-0.1, -0.05) is 18.2 Å². The quantitative estimate of drug-likeness (QED) is 0.663. The highest BCUT2D eigenvalue weighted by molar-refractivity contribution is 7.89. The zero-order valence-electron chi connectivity index (χ0n) is 14.9. The molecule has 1 saturated carbocycles. The molecule has 2 fully saturated rings. The maximum absolute atomic E-state index is 12.7. The fourth-order valence-corrected chi connectivity index (χ4v) is 4.75. The summed E-state index contributed by atoms with van der Waals surface area (Å²) in [5.74, 6) is 2.22. The Kier molecular flexibility index (Phi) is 3.70. The molecule has 1 saturated heterocycles. The van der Waals surface area contributed by atoms with Crippen LogP contribution in [0.4, 0.5) is 5.82 Å². The number of likely N-dealkylation sites (N-methyl/N-ethyl adjacent to an activating group) is 1. The predicted octanol–water partition coefficient (Wildman–Crippen LogP) is 1.51. The summed E-state index contributed by atoms with van der Waals surface area (Å²) in [5, 5.41) is 13.1. The lowest BCUT2D eigenvalue weighted by molar-refractivity contribution is 0.309. The minimum atomic E-state index is -3.48. The van der Waals surface area contributed by atoms with E-state index in [0.29, 0.717) is 23.9 Å². The molecule has 2 aliphatic rings. The van der Waals surface area contributed by atoms with E-state index < -0.39 is 10.0 Å². The first-order valence-electron chi connectivity index (χ1n) is 9.04. The molecule has 140 valence electrons. The van der Waals surface area contributed by atoms with Crippen LogP contribution in [-0.4, -0.2) is 58.7 Å². The number of rotatable bonds is 5. The first-order chi connectivity index (χ1) is 13.0. The van der Waals surface area contributed by atoms with Gasteiger partial charge in [-0.3, -0.25) is 0 Å². The Morgan fingerprint density at radius 1 is 1.04 bits per heavy atom. The van der Waals surface area contributed by atoms with Gasteiger partial charge in [-0.15, -0.1) is 15.3 Å². The van der Waals surface area contributed by atoms with E-state index in [4.69, 9.17) is 0 Å². The van der Waals surface area contributed by atoms with E-state index in [1.165, 1.54) is 4.31 Å². The van der Waals surface area contributed by atoms with Gasteiger partial charge < -0.3 is 4.90 Å². The number of hydrogen-bond acceptors (Lipinski definition) is 6. The molecule has 2 aromatic heterocycles. The van der Waals surface area contributed by atoms with Gasteiger partial charge in [-0.2, -0.15) is 8.82 Å². The van der Waals surface area contributed by atoms with Gasteiger partial charge in [0.1, 0.15) is 5.82 Å². The Balaban J connectivity index is 1.33. The molecule has 8 nitrogen and oxygen atoms in total. The molecular weight excluding hydrogens is 364 g/mol. The van der Waals surface area contributed by atoms with Crippen LogP contribution in [0.5, 0.6) is 0 Å². The molecule has 3 heterocycles. The van der Waals surface area contributed by atoms with Crippen molar-refractivity contribution >= 4 is 21.5 Å². The molecule has 0 radical (unpaired) electrons. The highest BCUT2D eigenvalue weighted by Gasteiger charge is 2.37. The van der Waals surface area contributed by atoms with Crippen molar-refractivity contribution in [3.05, 3.63) is 48.3 Å². The van der Waals surface area contributed by atoms with Crippen molar-refractivity contribution in [2.24, 2.45) is 0 Å². The number of anilines is 1. The summed E-state index contributed by atoms with van der Waals surface area (Å²) in [6.07, 6.45) is 2.28. The van der Waals surface area contributed by atoms with Crippen LogP contribution in [0.25, 0.3) is 5.65 Å². The van der Waals surface area contributed by atoms with Crippen LogP contribution in [0.15, 0.2) is 47.4 Å². The third kappa shape index (κ3) is 2.78. The zero-order valence-corrected chi connectivity index (χ0v) is 15.7. The summed E-state index contributed by atoms with van der Waals surface area (Å²) in [6.45, 7) is 1.23. The van der Waals surface area contributed by atoms with Crippen LogP contribution in [0.1, 0.15) is 24.6 Å². The second-order valence-corrected chi connectivity index (χ2v) is 9.18. The summed E-state index contributed by atoms with van der Waals surface area (Å²) >= 11 is 0. The van der Waals surface area contributed by atoms with Gasteiger partial charge in [0.05, 0.1) is 10.9 Å². The van der Waals surface area contributed by atoms with Gasteiger partial charge in [0.15, 0.2) is 11.5 Å². The fourth-order valence-electron chi connectivity index (χ4n) is 3.39. The molecule has 0 amide bonds. The lowest BCUT2D eigenvalue weighted by atomic mass is 10.1. The van der Waals surface area contributed by atoms with Crippen LogP contribution in [-0.2, 0) is 10.0 Å². The first-order valence-corrected chi connectivity index (χ1v) is 10.5. The summed E-state index contributed by atoms with van der Waals surface area (Å²) in [7, 11) is -1.83. The summed E-state index contributed by atoms with van der Waals surface area (Å²) in [5.41, 5.74) is 0.751. The van der Waals surface area contributed by atoms with E-state index >= 15 is 0 Å². The van der Waals surface area contributed by atoms with Crippen LogP contribution in [0.2, 0.25) is 0 Å². The Labute approximate surface area is 157 Å².